The second-order valence-electron chi connectivity index (χ2n) is 6.71. The minimum Gasteiger partial charge on any atom is -0.353 e. The minimum atomic E-state index is 0.0935. The number of piperazine rings is 1. The van der Waals surface area contributed by atoms with Gasteiger partial charge in [0.15, 0.2) is 0 Å². The Morgan fingerprint density at radius 3 is 2.52 bits per heavy atom. The molecule has 0 radical (unpaired) electrons. The number of hydrogen-bond donors (Lipinski definition) is 0. The third-order valence-corrected chi connectivity index (χ3v) is 6.52. The van der Waals surface area contributed by atoms with E-state index in [4.69, 9.17) is 0 Å². The lowest BCUT2D eigenvalue weighted by atomic mass is 10.1. The average Bonchev–Trinajstić information content (AvgIpc) is 2.98. The van der Waals surface area contributed by atoms with Gasteiger partial charge in [-0.05, 0) is 54.4 Å². The van der Waals surface area contributed by atoms with Crippen molar-refractivity contribution in [1.29, 1.82) is 0 Å². The fourth-order valence-electron chi connectivity index (χ4n) is 3.51. The van der Waals surface area contributed by atoms with Gasteiger partial charge < -0.3 is 9.80 Å². The van der Waals surface area contributed by atoms with Crippen molar-refractivity contribution >= 4 is 49.2 Å². The molecule has 0 spiro atoms. The maximum Gasteiger partial charge on any atom is 0.264 e. The summed E-state index contributed by atoms with van der Waals surface area (Å²) in [4.78, 5) is 32.4. The highest BCUT2D eigenvalue weighted by atomic mass is 79.9. The second-order valence-corrected chi connectivity index (χ2v) is 8.62. The van der Waals surface area contributed by atoms with Gasteiger partial charge in [-0.2, -0.15) is 0 Å². The Bertz CT molecular complexity index is 1010. The maximum absolute atomic E-state index is 13.1. The van der Waals surface area contributed by atoms with Crippen molar-refractivity contribution in [3.8, 4) is 0 Å². The maximum atomic E-state index is 13.1. The van der Waals surface area contributed by atoms with Crippen LogP contribution < -0.4 is 4.90 Å². The van der Waals surface area contributed by atoms with Gasteiger partial charge in [0.05, 0.1) is 4.88 Å². The number of rotatable bonds is 2. The van der Waals surface area contributed by atoms with Crippen LogP contribution in [-0.2, 0) is 0 Å². The van der Waals surface area contributed by atoms with E-state index in [0.29, 0.717) is 13.1 Å². The smallest absolute Gasteiger partial charge is 0.264 e. The molecule has 0 aliphatic carbocycles. The van der Waals surface area contributed by atoms with Gasteiger partial charge in [-0.3, -0.25) is 4.79 Å². The number of amides is 1. The molecule has 0 N–H and O–H groups in total. The number of aryl methyl sites for hydroxylation is 3. The summed E-state index contributed by atoms with van der Waals surface area (Å²) in [6.07, 6.45) is 1.80. The highest BCUT2D eigenvalue weighted by molar-refractivity contribution is 9.10. The summed E-state index contributed by atoms with van der Waals surface area (Å²) >= 11 is 4.89. The Kier molecular flexibility index (Phi) is 4.86. The molecule has 0 bridgehead atoms. The van der Waals surface area contributed by atoms with E-state index < -0.39 is 0 Å². The fraction of sp³-hybridized carbons (Fsp3) is 0.368. The number of hydrogen-bond acceptors (Lipinski definition) is 6. The van der Waals surface area contributed by atoms with Crippen LogP contribution in [-0.4, -0.2) is 51.9 Å². The van der Waals surface area contributed by atoms with Gasteiger partial charge in [0.2, 0.25) is 0 Å². The Balaban J connectivity index is 1.53. The summed E-state index contributed by atoms with van der Waals surface area (Å²) in [6.45, 7) is 8.81. The molecule has 1 amide bonds. The lowest BCUT2D eigenvalue weighted by molar-refractivity contribution is 0.0751. The number of carbonyl (C=O) groups is 1. The Labute approximate surface area is 170 Å². The van der Waals surface area contributed by atoms with E-state index in [0.717, 1.165) is 55.6 Å². The quantitative estimate of drug-likeness (QED) is 0.600. The van der Waals surface area contributed by atoms with Crippen molar-refractivity contribution < 1.29 is 4.79 Å². The Hall–Kier alpha value is -2.06. The van der Waals surface area contributed by atoms with Crippen molar-refractivity contribution in [3.63, 3.8) is 0 Å². The van der Waals surface area contributed by atoms with Crippen molar-refractivity contribution in [2.75, 3.05) is 31.1 Å². The third kappa shape index (κ3) is 3.43. The van der Waals surface area contributed by atoms with E-state index >= 15 is 0 Å². The molecule has 1 fully saturated rings. The standard InChI is InChI=1S/C19H20BrN5OS/c1-11-16-12(2)22-13(3)23-18(16)27-17(11)19(26)25-8-6-24(7-9-25)15-5-4-14(20)10-21-15/h4-5,10H,6-9H2,1-3H3. The highest BCUT2D eigenvalue weighted by Crippen LogP contribution is 2.32. The van der Waals surface area contributed by atoms with Crippen molar-refractivity contribution in [1.82, 2.24) is 19.9 Å². The first kappa shape index (κ1) is 18.3. The molecule has 8 heteroatoms. The lowest BCUT2D eigenvalue weighted by Crippen LogP contribution is -2.49. The molecular weight excluding hydrogens is 426 g/mol. The van der Waals surface area contributed by atoms with E-state index in [1.165, 1.54) is 11.3 Å². The summed E-state index contributed by atoms with van der Waals surface area (Å²) in [7, 11) is 0. The van der Waals surface area contributed by atoms with E-state index in [1.54, 1.807) is 6.20 Å². The summed E-state index contributed by atoms with van der Waals surface area (Å²) in [5.41, 5.74) is 1.94. The molecule has 0 atom stereocenters. The Morgan fingerprint density at radius 1 is 1.11 bits per heavy atom. The molecule has 6 nitrogen and oxygen atoms in total. The molecule has 4 rings (SSSR count). The van der Waals surface area contributed by atoms with Crippen LogP contribution in [0.15, 0.2) is 22.8 Å². The SMILES string of the molecule is Cc1nc(C)c2c(C)c(C(=O)N3CCN(c4ccc(Br)cn4)CC3)sc2n1. The normalized spacial score (nSPS) is 14.8. The third-order valence-electron chi connectivity index (χ3n) is 4.88. The monoisotopic (exact) mass is 445 g/mol. The summed E-state index contributed by atoms with van der Waals surface area (Å²) in [5, 5.41) is 1.02. The van der Waals surface area contributed by atoms with E-state index in [1.807, 2.05) is 37.8 Å². The number of fused-ring (bicyclic) bond motifs is 1. The minimum absolute atomic E-state index is 0.0935. The molecule has 27 heavy (non-hydrogen) atoms. The van der Waals surface area contributed by atoms with Gasteiger partial charge in [0.1, 0.15) is 16.5 Å². The Morgan fingerprint density at radius 2 is 1.85 bits per heavy atom. The van der Waals surface area contributed by atoms with Crippen LogP contribution in [0.25, 0.3) is 10.2 Å². The van der Waals surface area contributed by atoms with Crippen LogP contribution in [0.2, 0.25) is 0 Å². The molecule has 1 aliphatic heterocycles. The first-order valence-corrected chi connectivity index (χ1v) is 10.4. The molecular formula is C19H20BrN5OS. The summed E-state index contributed by atoms with van der Waals surface area (Å²) in [6, 6.07) is 3.99. The zero-order valence-corrected chi connectivity index (χ0v) is 17.9. The fourth-order valence-corrected chi connectivity index (χ4v) is 5.00. The van der Waals surface area contributed by atoms with E-state index in [9.17, 15) is 4.79 Å². The number of carbonyl (C=O) groups excluding carboxylic acids is 1. The van der Waals surface area contributed by atoms with E-state index in [2.05, 4.69) is 35.8 Å². The molecule has 1 saturated heterocycles. The van der Waals surface area contributed by atoms with Crippen LogP contribution in [0.5, 0.6) is 0 Å². The van der Waals surface area contributed by atoms with Crippen LogP contribution in [0.4, 0.5) is 5.82 Å². The number of halogens is 1. The highest BCUT2D eigenvalue weighted by Gasteiger charge is 2.26. The molecule has 0 saturated carbocycles. The van der Waals surface area contributed by atoms with Crippen LogP contribution in [0, 0.1) is 20.8 Å². The van der Waals surface area contributed by atoms with Crippen molar-refractivity contribution in [2.45, 2.75) is 20.8 Å². The summed E-state index contributed by atoms with van der Waals surface area (Å²) < 4.78 is 0.967. The first-order valence-electron chi connectivity index (χ1n) is 8.84. The van der Waals surface area contributed by atoms with Gasteiger partial charge >= 0.3 is 0 Å². The topological polar surface area (TPSA) is 62.2 Å². The van der Waals surface area contributed by atoms with Gasteiger partial charge in [-0.1, -0.05) is 0 Å². The number of aromatic nitrogens is 3. The number of anilines is 1. The largest absolute Gasteiger partial charge is 0.353 e. The number of thiophene rings is 1. The van der Waals surface area contributed by atoms with Gasteiger partial charge in [-0.15, -0.1) is 11.3 Å². The van der Waals surface area contributed by atoms with Crippen molar-refractivity contribution in [2.24, 2.45) is 0 Å². The van der Waals surface area contributed by atoms with Crippen LogP contribution in [0.3, 0.4) is 0 Å². The molecule has 3 aromatic rings. The molecule has 0 unspecified atom stereocenters. The molecule has 3 aromatic heterocycles. The molecule has 4 heterocycles. The molecule has 0 aromatic carbocycles. The zero-order valence-electron chi connectivity index (χ0n) is 15.5. The predicted octanol–water partition coefficient (Wildman–Crippen LogP) is 3.74. The predicted molar refractivity (Wildman–Crippen MR) is 112 cm³/mol. The zero-order chi connectivity index (χ0) is 19.1. The van der Waals surface area contributed by atoms with Gasteiger partial charge in [0, 0.05) is 47.9 Å². The first-order chi connectivity index (χ1) is 12.9. The number of pyridine rings is 1. The van der Waals surface area contributed by atoms with Crippen molar-refractivity contribution in [3.05, 3.63) is 44.8 Å². The summed E-state index contributed by atoms with van der Waals surface area (Å²) in [5.74, 6) is 1.79. The average molecular weight is 446 g/mol. The lowest BCUT2D eigenvalue weighted by Gasteiger charge is -2.35. The molecule has 1 aliphatic rings. The van der Waals surface area contributed by atoms with Gasteiger partial charge in [0.25, 0.3) is 5.91 Å². The van der Waals surface area contributed by atoms with Gasteiger partial charge in [-0.25, -0.2) is 15.0 Å². The molecule has 140 valence electrons. The van der Waals surface area contributed by atoms with E-state index in [-0.39, 0.29) is 5.91 Å². The van der Waals surface area contributed by atoms with Crippen LogP contribution in [0.1, 0.15) is 26.8 Å². The van der Waals surface area contributed by atoms with Crippen LogP contribution >= 0.6 is 27.3 Å². The number of nitrogens with zero attached hydrogens (tertiary/aromatic N) is 5. The second kappa shape index (κ2) is 7.16.